The molecule has 0 bridgehead atoms. The molecule has 0 spiro atoms. The lowest BCUT2D eigenvalue weighted by molar-refractivity contribution is -0.180. The molecule has 0 atom stereocenters. The molecule has 0 N–H and O–H groups in total. The van der Waals surface area contributed by atoms with Gasteiger partial charge >= 0.3 is 24.3 Å². The third kappa shape index (κ3) is 6.23. The molecule has 0 aliphatic carbocycles. The molecule has 0 saturated carbocycles. The SMILES string of the molecule is COc1cc(Cl)ccc1OC(=O)CCC(=O)OCC(F)(F)C(F)F. The average Bonchev–Trinajstić information content (AvgIpc) is 2.52. The molecule has 0 amide bonds. The molecule has 0 aliphatic heterocycles. The van der Waals surface area contributed by atoms with Crippen LogP contribution in [0.15, 0.2) is 18.2 Å². The first-order chi connectivity index (χ1) is 11.2. The molecule has 24 heavy (non-hydrogen) atoms. The Kier molecular flexibility index (Phi) is 7.27. The van der Waals surface area contributed by atoms with Crippen LogP contribution in [0.2, 0.25) is 5.02 Å². The van der Waals surface area contributed by atoms with E-state index in [9.17, 15) is 27.2 Å². The summed E-state index contributed by atoms with van der Waals surface area (Å²) in [6, 6.07) is 4.19. The second-order valence-electron chi connectivity index (χ2n) is 4.49. The van der Waals surface area contributed by atoms with E-state index in [1.54, 1.807) is 0 Å². The Hall–Kier alpha value is -2.03. The van der Waals surface area contributed by atoms with Crippen molar-refractivity contribution >= 4 is 23.5 Å². The van der Waals surface area contributed by atoms with Gasteiger partial charge in [0, 0.05) is 11.1 Å². The van der Waals surface area contributed by atoms with E-state index in [1.165, 1.54) is 25.3 Å². The number of halogens is 5. The summed E-state index contributed by atoms with van der Waals surface area (Å²) in [6.45, 7) is -1.76. The Balaban J connectivity index is 2.45. The number of carbonyl (C=O) groups is 2. The van der Waals surface area contributed by atoms with Gasteiger partial charge in [-0.1, -0.05) is 11.6 Å². The van der Waals surface area contributed by atoms with Crippen molar-refractivity contribution in [2.45, 2.75) is 25.2 Å². The van der Waals surface area contributed by atoms with Crippen molar-refractivity contribution in [2.24, 2.45) is 0 Å². The van der Waals surface area contributed by atoms with Crippen LogP contribution in [-0.4, -0.2) is 38.0 Å². The molecule has 134 valence electrons. The lowest BCUT2D eigenvalue weighted by Crippen LogP contribution is -2.33. The van der Waals surface area contributed by atoms with Crippen LogP contribution in [0.4, 0.5) is 17.6 Å². The van der Waals surface area contributed by atoms with Crippen molar-refractivity contribution in [3.63, 3.8) is 0 Å². The van der Waals surface area contributed by atoms with Crippen LogP contribution in [0.1, 0.15) is 12.8 Å². The van der Waals surface area contributed by atoms with Gasteiger partial charge in [0.15, 0.2) is 18.1 Å². The standard InChI is InChI=1S/C14H13ClF4O5/c1-22-10-6-8(15)2-3-9(10)24-12(21)5-4-11(20)23-7-14(18,19)13(16)17/h2-3,6,13H,4-5,7H2,1H3. The maximum absolute atomic E-state index is 12.6. The van der Waals surface area contributed by atoms with Gasteiger partial charge in [-0.15, -0.1) is 0 Å². The van der Waals surface area contributed by atoms with Gasteiger partial charge in [-0.2, -0.15) is 8.78 Å². The third-order valence-electron chi connectivity index (χ3n) is 2.63. The summed E-state index contributed by atoms with van der Waals surface area (Å²) >= 11 is 5.73. The molecule has 1 aromatic rings. The van der Waals surface area contributed by atoms with E-state index in [2.05, 4.69) is 4.74 Å². The predicted molar refractivity (Wildman–Crippen MR) is 74.8 cm³/mol. The molecule has 0 aliphatic rings. The van der Waals surface area contributed by atoms with Crippen LogP contribution >= 0.6 is 11.6 Å². The normalized spacial score (nSPS) is 11.3. The van der Waals surface area contributed by atoms with Crippen molar-refractivity contribution in [3.05, 3.63) is 23.2 Å². The average molecular weight is 373 g/mol. The number of alkyl halides is 4. The van der Waals surface area contributed by atoms with Crippen molar-refractivity contribution in [1.82, 2.24) is 0 Å². The highest BCUT2D eigenvalue weighted by molar-refractivity contribution is 6.30. The fourth-order valence-corrected chi connectivity index (χ4v) is 1.58. The number of ether oxygens (including phenoxy) is 3. The number of hydrogen-bond donors (Lipinski definition) is 0. The van der Waals surface area contributed by atoms with Crippen LogP contribution in [0.3, 0.4) is 0 Å². The van der Waals surface area contributed by atoms with Gasteiger partial charge in [-0.25, -0.2) is 8.78 Å². The minimum atomic E-state index is -4.44. The van der Waals surface area contributed by atoms with Gasteiger partial charge in [0.25, 0.3) is 0 Å². The number of hydrogen-bond acceptors (Lipinski definition) is 5. The van der Waals surface area contributed by atoms with Crippen molar-refractivity contribution in [3.8, 4) is 11.5 Å². The topological polar surface area (TPSA) is 61.8 Å². The van der Waals surface area contributed by atoms with Gasteiger partial charge in [0.05, 0.1) is 20.0 Å². The zero-order valence-electron chi connectivity index (χ0n) is 12.4. The Bertz CT molecular complexity index is 595. The summed E-state index contributed by atoms with van der Waals surface area (Å²) in [5.74, 6) is -6.31. The van der Waals surface area contributed by atoms with Crippen molar-refractivity contribution in [1.29, 1.82) is 0 Å². The van der Waals surface area contributed by atoms with Crippen LogP contribution < -0.4 is 9.47 Å². The minimum absolute atomic E-state index is 0.0458. The summed E-state index contributed by atoms with van der Waals surface area (Å²) in [5, 5.41) is 0.343. The van der Waals surface area contributed by atoms with E-state index >= 15 is 0 Å². The first-order valence-corrected chi connectivity index (χ1v) is 6.89. The highest BCUT2D eigenvalue weighted by atomic mass is 35.5. The smallest absolute Gasteiger partial charge is 0.340 e. The highest BCUT2D eigenvalue weighted by Crippen LogP contribution is 2.30. The Morgan fingerprint density at radius 1 is 1.17 bits per heavy atom. The largest absolute Gasteiger partial charge is 0.493 e. The summed E-state index contributed by atoms with van der Waals surface area (Å²) in [4.78, 5) is 22.8. The van der Waals surface area contributed by atoms with Crippen LogP contribution in [0.25, 0.3) is 0 Å². The predicted octanol–water partition coefficient (Wildman–Crippen LogP) is 3.48. The number of carbonyl (C=O) groups excluding carboxylic acids is 2. The second kappa shape index (κ2) is 8.72. The maximum atomic E-state index is 12.6. The van der Waals surface area contributed by atoms with E-state index in [0.29, 0.717) is 5.02 Å². The van der Waals surface area contributed by atoms with Gasteiger partial charge < -0.3 is 14.2 Å². The zero-order chi connectivity index (χ0) is 18.3. The quantitative estimate of drug-likeness (QED) is 0.397. The second-order valence-corrected chi connectivity index (χ2v) is 4.93. The number of methoxy groups -OCH3 is 1. The summed E-state index contributed by atoms with van der Waals surface area (Å²) < 4.78 is 62.8. The van der Waals surface area contributed by atoms with E-state index in [-0.39, 0.29) is 11.5 Å². The van der Waals surface area contributed by atoms with E-state index in [0.717, 1.165) is 0 Å². The molecule has 0 radical (unpaired) electrons. The van der Waals surface area contributed by atoms with E-state index < -0.39 is 43.7 Å². The fourth-order valence-electron chi connectivity index (χ4n) is 1.42. The highest BCUT2D eigenvalue weighted by Gasteiger charge is 2.42. The van der Waals surface area contributed by atoms with E-state index in [4.69, 9.17) is 21.1 Å². The minimum Gasteiger partial charge on any atom is -0.493 e. The van der Waals surface area contributed by atoms with Gasteiger partial charge in [0.2, 0.25) is 0 Å². The van der Waals surface area contributed by atoms with Crippen LogP contribution in [-0.2, 0) is 14.3 Å². The molecule has 0 saturated heterocycles. The molecular formula is C14H13ClF4O5. The molecule has 5 nitrogen and oxygen atoms in total. The first kappa shape index (κ1) is 20.0. The third-order valence-corrected chi connectivity index (χ3v) is 2.86. The molecule has 1 rings (SSSR count). The van der Waals surface area contributed by atoms with Crippen molar-refractivity contribution < 1.29 is 41.4 Å². The van der Waals surface area contributed by atoms with E-state index in [1.807, 2.05) is 0 Å². The van der Waals surface area contributed by atoms with Crippen LogP contribution in [0.5, 0.6) is 11.5 Å². The lowest BCUT2D eigenvalue weighted by atomic mass is 10.3. The number of benzene rings is 1. The van der Waals surface area contributed by atoms with Crippen molar-refractivity contribution in [2.75, 3.05) is 13.7 Å². The number of esters is 2. The Morgan fingerprint density at radius 2 is 1.79 bits per heavy atom. The molecule has 0 fully saturated rings. The number of rotatable bonds is 8. The summed E-state index contributed by atoms with van der Waals surface area (Å²) in [7, 11) is 1.32. The summed E-state index contributed by atoms with van der Waals surface area (Å²) in [6.07, 6.45) is -5.05. The summed E-state index contributed by atoms with van der Waals surface area (Å²) in [5.41, 5.74) is 0. The Morgan fingerprint density at radius 3 is 2.38 bits per heavy atom. The van der Waals surface area contributed by atoms with Gasteiger partial charge in [0.1, 0.15) is 0 Å². The molecule has 1 aromatic carbocycles. The fraction of sp³-hybridized carbons (Fsp3) is 0.429. The molecule has 10 heteroatoms. The van der Waals surface area contributed by atoms with Gasteiger partial charge in [-0.05, 0) is 12.1 Å². The zero-order valence-corrected chi connectivity index (χ0v) is 13.1. The molecule has 0 unspecified atom stereocenters. The van der Waals surface area contributed by atoms with Gasteiger partial charge in [-0.3, -0.25) is 9.59 Å². The Labute approximate surface area is 139 Å². The molecular weight excluding hydrogens is 360 g/mol. The molecule has 0 aromatic heterocycles. The molecule has 0 heterocycles. The monoisotopic (exact) mass is 372 g/mol. The first-order valence-electron chi connectivity index (χ1n) is 6.51. The van der Waals surface area contributed by atoms with Crippen LogP contribution in [0, 0.1) is 0 Å². The lowest BCUT2D eigenvalue weighted by Gasteiger charge is -2.14. The maximum Gasteiger partial charge on any atom is 0.340 e.